The molecule has 0 aliphatic heterocycles. The summed E-state index contributed by atoms with van der Waals surface area (Å²) < 4.78 is 5.04. The van der Waals surface area contributed by atoms with Crippen molar-refractivity contribution in [3.05, 3.63) is 47.3 Å². The van der Waals surface area contributed by atoms with Crippen LogP contribution in [0, 0.1) is 6.92 Å². The number of nitrogens with two attached hydrogens (primary N) is 2. The van der Waals surface area contributed by atoms with Gasteiger partial charge in [0.05, 0.1) is 13.2 Å². The van der Waals surface area contributed by atoms with Gasteiger partial charge < -0.3 is 10.5 Å². The van der Waals surface area contributed by atoms with Crippen LogP contribution < -0.4 is 21.7 Å². The molecule has 0 aliphatic rings. The number of nitrogens with zero attached hydrogens (tertiary/aromatic N) is 2. The smallest absolute Gasteiger partial charge is 0.212 e. The molecule has 0 saturated heterocycles. The lowest BCUT2D eigenvalue weighted by Gasteiger charge is -2.19. The number of aromatic nitrogens is 2. The van der Waals surface area contributed by atoms with Crippen LogP contribution >= 0.6 is 0 Å². The molecule has 106 valence electrons. The van der Waals surface area contributed by atoms with Gasteiger partial charge in [0.15, 0.2) is 0 Å². The molecule has 0 amide bonds. The second kappa shape index (κ2) is 6.31. The van der Waals surface area contributed by atoms with Crippen LogP contribution in [0.25, 0.3) is 0 Å². The molecule has 6 nitrogen and oxygen atoms in total. The Balaban J connectivity index is 2.24. The van der Waals surface area contributed by atoms with Gasteiger partial charge in [-0.25, -0.2) is 9.97 Å². The van der Waals surface area contributed by atoms with Crippen LogP contribution in [0.4, 0.5) is 5.82 Å². The molecule has 2 aromatic rings. The van der Waals surface area contributed by atoms with Crippen molar-refractivity contribution in [2.45, 2.75) is 19.4 Å². The summed E-state index contributed by atoms with van der Waals surface area (Å²) in [6.07, 6.45) is 4.13. The zero-order valence-corrected chi connectivity index (χ0v) is 11.6. The summed E-state index contributed by atoms with van der Waals surface area (Å²) in [4.78, 5) is 8.31. The molecule has 1 unspecified atom stereocenters. The van der Waals surface area contributed by atoms with Crippen LogP contribution in [0.2, 0.25) is 0 Å². The molecular formula is C14H19N5O. The molecule has 6 heteroatoms. The lowest BCUT2D eigenvalue weighted by atomic mass is 9.97. The highest BCUT2D eigenvalue weighted by molar-refractivity contribution is 5.46. The van der Waals surface area contributed by atoms with E-state index in [1.165, 1.54) is 0 Å². The van der Waals surface area contributed by atoms with Crippen molar-refractivity contribution >= 4 is 5.82 Å². The highest BCUT2D eigenvalue weighted by Crippen LogP contribution is 2.25. The quantitative estimate of drug-likeness (QED) is 0.558. The van der Waals surface area contributed by atoms with Crippen LogP contribution in [-0.4, -0.2) is 17.1 Å². The summed E-state index contributed by atoms with van der Waals surface area (Å²) >= 11 is 0. The van der Waals surface area contributed by atoms with E-state index in [1.807, 2.05) is 25.1 Å². The van der Waals surface area contributed by atoms with Gasteiger partial charge in [-0.05, 0) is 30.5 Å². The number of ether oxygens (including phenoxy) is 1. The van der Waals surface area contributed by atoms with Crippen LogP contribution in [0.3, 0.4) is 0 Å². The van der Waals surface area contributed by atoms with Crippen molar-refractivity contribution in [1.82, 2.24) is 15.4 Å². The van der Waals surface area contributed by atoms with E-state index < -0.39 is 0 Å². The predicted molar refractivity (Wildman–Crippen MR) is 77.9 cm³/mol. The lowest BCUT2D eigenvalue weighted by molar-refractivity contribution is 0.397. The number of hydrazine groups is 1. The van der Waals surface area contributed by atoms with Gasteiger partial charge in [0.25, 0.3) is 0 Å². The van der Waals surface area contributed by atoms with Crippen molar-refractivity contribution in [2.75, 3.05) is 12.8 Å². The summed E-state index contributed by atoms with van der Waals surface area (Å²) in [6, 6.07) is 5.59. The highest BCUT2D eigenvalue weighted by atomic mass is 16.5. The van der Waals surface area contributed by atoms with Crippen molar-refractivity contribution in [3.8, 4) is 5.88 Å². The van der Waals surface area contributed by atoms with Gasteiger partial charge in [-0.15, -0.1) is 0 Å². The second-order valence-corrected chi connectivity index (χ2v) is 4.56. The van der Waals surface area contributed by atoms with Gasteiger partial charge in [-0.1, -0.05) is 6.07 Å². The Morgan fingerprint density at radius 1 is 1.30 bits per heavy atom. The van der Waals surface area contributed by atoms with Gasteiger partial charge in [0, 0.05) is 24.0 Å². The maximum absolute atomic E-state index is 5.95. The molecule has 0 aromatic carbocycles. The van der Waals surface area contributed by atoms with Crippen LogP contribution in [0.5, 0.6) is 5.88 Å². The van der Waals surface area contributed by atoms with Gasteiger partial charge >= 0.3 is 0 Å². The monoisotopic (exact) mass is 273 g/mol. The average molecular weight is 273 g/mol. The summed E-state index contributed by atoms with van der Waals surface area (Å²) in [5.74, 6) is 6.75. The van der Waals surface area contributed by atoms with E-state index in [-0.39, 0.29) is 6.04 Å². The Labute approximate surface area is 118 Å². The number of hydrogen-bond donors (Lipinski definition) is 3. The van der Waals surface area contributed by atoms with Gasteiger partial charge in [0.1, 0.15) is 5.82 Å². The molecule has 2 heterocycles. The van der Waals surface area contributed by atoms with Gasteiger partial charge in [-0.2, -0.15) is 0 Å². The minimum absolute atomic E-state index is 0.112. The van der Waals surface area contributed by atoms with E-state index in [0.29, 0.717) is 18.1 Å². The summed E-state index contributed by atoms with van der Waals surface area (Å²) in [5, 5.41) is 0. The number of anilines is 1. The zero-order chi connectivity index (χ0) is 14.5. The predicted octanol–water partition coefficient (Wildman–Crippen LogP) is 1.12. The van der Waals surface area contributed by atoms with E-state index in [4.69, 9.17) is 16.3 Å². The van der Waals surface area contributed by atoms with Crippen molar-refractivity contribution in [1.29, 1.82) is 0 Å². The number of pyridine rings is 2. The first-order valence-corrected chi connectivity index (χ1v) is 6.31. The molecule has 0 bridgehead atoms. The average Bonchev–Trinajstić information content (AvgIpc) is 2.46. The Morgan fingerprint density at radius 3 is 2.65 bits per heavy atom. The molecule has 1 atom stereocenters. The van der Waals surface area contributed by atoms with E-state index in [0.717, 1.165) is 16.7 Å². The largest absolute Gasteiger partial charge is 0.481 e. The molecule has 5 N–H and O–H groups in total. The third-order valence-electron chi connectivity index (χ3n) is 3.24. The molecule has 0 spiro atoms. The van der Waals surface area contributed by atoms with Crippen molar-refractivity contribution < 1.29 is 4.74 Å². The second-order valence-electron chi connectivity index (χ2n) is 4.56. The summed E-state index contributed by atoms with van der Waals surface area (Å²) in [5.41, 5.74) is 11.8. The molecule has 0 radical (unpaired) electrons. The zero-order valence-electron chi connectivity index (χ0n) is 11.6. The molecule has 2 rings (SSSR count). The first kappa shape index (κ1) is 14.2. The number of nitrogen functional groups attached to an aromatic ring is 1. The fraction of sp³-hybridized carbons (Fsp3) is 0.286. The Bertz CT molecular complexity index is 550. The number of aryl methyl sites for hydroxylation is 1. The molecule has 0 aliphatic carbocycles. The minimum atomic E-state index is -0.112. The van der Waals surface area contributed by atoms with E-state index in [9.17, 15) is 0 Å². The summed E-state index contributed by atoms with van der Waals surface area (Å²) in [6.45, 7) is 1.99. The molecular weight excluding hydrogens is 254 g/mol. The lowest BCUT2D eigenvalue weighted by Crippen LogP contribution is -2.31. The van der Waals surface area contributed by atoms with Gasteiger partial charge in [0.2, 0.25) is 5.88 Å². The number of rotatable bonds is 5. The first-order valence-electron chi connectivity index (χ1n) is 6.31. The Morgan fingerprint density at radius 2 is 2.10 bits per heavy atom. The number of hydrogen-bond acceptors (Lipinski definition) is 6. The topological polar surface area (TPSA) is 99.1 Å². The minimum Gasteiger partial charge on any atom is -0.481 e. The molecule has 20 heavy (non-hydrogen) atoms. The third-order valence-corrected chi connectivity index (χ3v) is 3.24. The van der Waals surface area contributed by atoms with Crippen LogP contribution in [0.1, 0.15) is 22.7 Å². The van der Waals surface area contributed by atoms with Gasteiger partial charge in [-0.3, -0.25) is 11.3 Å². The Hall–Kier alpha value is -2.18. The maximum Gasteiger partial charge on any atom is 0.212 e. The number of methoxy groups -OCH3 is 1. The molecule has 0 fully saturated rings. The standard InChI is InChI=1S/C14H19N5O/c1-9-5-6-17-14(15)13(9)11(19-16)7-10-3-4-12(20-2)18-8-10/h3-6,8,11,19H,7,16H2,1-2H3,(H2,15,17). The molecule has 2 aromatic heterocycles. The third kappa shape index (κ3) is 3.04. The normalized spacial score (nSPS) is 12.2. The molecule has 0 saturated carbocycles. The SMILES string of the molecule is COc1ccc(CC(NN)c2c(C)ccnc2N)cn1. The fourth-order valence-corrected chi connectivity index (χ4v) is 2.18. The van der Waals surface area contributed by atoms with E-state index >= 15 is 0 Å². The Kier molecular flexibility index (Phi) is 4.49. The first-order chi connectivity index (χ1) is 9.65. The van der Waals surface area contributed by atoms with E-state index in [2.05, 4.69) is 15.4 Å². The maximum atomic E-state index is 5.95. The van der Waals surface area contributed by atoms with Crippen molar-refractivity contribution in [3.63, 3.8) is 0 Å². The van der Waals surface area contributed by atoms with E-state index in [1.54, 1.807) is 19.5 Å². The summed E-state index contributed by atoms with van der Waals surface area (Å²) in [7, 11) is 1.59. The van der Waals surface area contributed by atoms with Crippen LogP contribution in [0.15, 0.2) is 30.6 Å². The van der Waals surface area contributed by atoms with Crippen LogP contribution in [-0.2, 0) is 6.42 Å². The van der Waals surface area contributed by atoms with Crippen molar-refractivity contribution in [2.24, 2.45) is 5.84 Å². The highest BCUT2D eigenvalue weighted by Gasteiger charge is 2.17. The fourth-order valence-electron chi connectivity index (χ4n) is 2.18. The number of nitrogens with one attached hydrogen (secondary N) is 1.